The number of carbonyl (C=O) groups is 2. The van der Waals surface area contributed by atoms with Crippen LogP contribution in [0.15, 0.2) is 77.7 Å². The van der Waals surface area contributed by atoms with Gasteiger partial charge in [-0.05, 0) is 53.6 Å². The number of benzene rings is 3. The molecule has 2 heterocycles. The van der Waals surface area contributed by atoms with Crippen molar-refractivity contribution in [2.75, 3.05) is 11.9 Å². The fourth-order valence-corrected chi connectivity index (χ4v) is 5.85. The largest absolute Gasteiger partial charge is 0.301 e. The van der Waals surface area contributed by atoms with E-state index in [0.717, 1.165) is 21.3 Å². The van der Waals surface area contributed by atoms with E-state index in [4.69, 9.17) is 23.2 Å². The number of thiazole rings is 1. The van der Waals surface area contributed by atoms with Crippen molar-refractivity contribution in [3.8, 4) is 0 Å². The minimum atomic E-state index is -0.367. The highest BCUT2D eigenvalue weighted by atomic mass is 35.5. The number of aromatic nitrogens is 1. The third-order valence-electron chi connectivity index (χ3n) is 5.18. The third-order valence-corrected chi connectivity index (χ3v) is 7.88. The molecule has 0 radical (unpaired) electrons. The zero-order chi connectivity index (χ0) is 24.4. The van der Waals surface area contributed by atoms with Gasteiger partial charge in [0.1, 0.15) is 5.37 Å². The molecule has 1 aliphatic rings. The lowest BCUT2D eigenvalue weighted by molar-refractivity contribution is -0.130. The van der Waals surface area contributed by atoms with Crippen LogP contribution in [0.2, 0.25) is 10.0 Å². The minimum Gasteiger partial charge on any atom is -0.301 e. The Kier molecular flexibility index (Phi) is 7.08. The maximum absolute atomic E-state index is 13.3. The number of carbonyl (C=O) groups excluding carboxylic acids is 2. The van der Waals surface area contributed by atoms with Crippen LogP contribution in [0.4, 0.5) is 5.13 Å². The number of hydrazine groups is 1. The molecule has 1 unspecified atom stereocenters. The van der Waals surface area contributed by atoms with Gasteiger partial charge < -0.3 is 5.32 Å². The number of amides is 2. The van der Waals surface area contributed by atoms with Crippen molar-refractivity contribution >= 4 is 79.5 Å². The third kappa shape index (κ3) is 5.52. The first-order chi connectivity index (χ1) is 17.0. The number of fused-ring (bicyclic) bond motifs is 1. The van der Waals surface area contributed by atoms with E-state index in [1.54, 1.807) is 24.3 Å². The van der Waals surface area contributed by atoms with Gasteiger partial charge in [0.25, 0.3) is 5.91 Å². The second kappa shape index (κ2) is 10.4. The lowest BCUT2D eigenvalue weighted by Gasteiger charge is -2.24. The molecule has 35 heavy (non-hydrogen) atoms. The number of thioether (sulfide) groups is 1. The monoisotopic (exact) mass is 540 g/mol. The van der Waals surface area contributed by atoms with Crippen molar-refractivity contribution < 1.29 is 9.59 Å². The molecule has 176 valence electrons. The molecule has 1 aromatic heterocycles. The second-order valence-corrected chi connectivity index (χ2v) is 10.7. The first-order valence-electron chi connectivity index (χ1n) is 10.6. The van der Waals surface area contributed by atoms with Crippen LogP contribution >= 0.6 is 46.3 Å². The summed E-state index contributed by atoms with van der Waals surface area (Å²) in [5, 5.41) is 5.66. The van der Waals surface area contributed by atoms with E-state index in [1.165, 1.54) is 28.1 Å². The highest BCUT2D eigenvalue weighted by Crippen LogP contribution is 2.45. The Balaban J connectivity index is 1.33. The van der Waals surface area contributed by atoms with Crippen molar-refractivity contribution in [3.05, 3.63) is 98.9 Å². The first kappa shape index (κ1) is 23.8. The summed E-state index contributed by atoms with van der Waals surface area (Å²) in [5.41, 5.74) is 5.57. The van der Waals surface area contributed by atoms with Crippen LogP contribution in [0.25, 0.3) is 16.3 Å². The molecule has 0 aliphatic carbocycles. The van der Waals surface area contributed by atoms with Gasteiger partial charge in [-0.3, -0.25) is 14.6 Å². The number of rotatable bonds is 6. The molecule has 1 aliphatic heterocycles. The van der Waals surface area contributed by atoms with Crippen LogP contribution in [-0.4, -0.2) is 28.4 Å². The smallest absolute Gasteiger partial charge is 0.275 e. The quantitative estimate of drug-likeness (QED) is 0.278. The number of anilines is 1. The lowest BCUT2D eigenvalue weighted by Crippen LogP contribution is -2.44. The Morgan fingerprint density at radius 1 is 1.00 bits per heavy atom. The van der Waals surface area contributed by atoms with Gasteiger partial charge in [-0.25, -0.2) is 10.4 Å². The number of nitrogens with zero attached hydrogens (tertiary/aromatic N) is 2. The molecule has 1 fully saturated rings. The first-order valence-corrected chi connectivity index (χ1v) is 13.0. The standard InChI is InChI=1S/C25H18Cl2N4O2S2/c26-17-9-5-15(6-10-17)13-21-23(33)31(24(34-21)16-7-11-18(27)12-8-16)28-14-22(32)30-25-29-19-3-1-2-4-20(19)35-25/h1-13,24,28H,14H2,(H,29,30,32)/b21-13-. The van der Waals surface area contributed by atoms with E-state index in [9.17, 15) is 9.59 Å². The number of halogens is 2. The Morgan fingerprint density at radius 2 is 1.69 bits per heavy atom. The van der Waals surface area contributed by atoms with Crippen LogP contribution in [0, 0.1) is 0 Å². The molecule has 0 saturated carbocycles. The van der Waals surface area contributed by atoms with Gasteiger partial charge in [-0.2, -0.15) is 0 Å². The Labute approximate surface area is 219 Å². The zero-order valence-electron chi connectivity index (χ0n) is 18.1. The summed E-state index contributed by atoms with van der Waals surface area (Å²) in [4.78, 5) is 30.9. The molecule has 2 amide bonds. The van der Waals surface area contributed by atoms with Gasteiger partial charge in [-0.1, -0.05) is 82.7 Å². The molecule has 5 rings (SSSR count). The molecule has 0 spiro atoms. The molecule has 3 aromatic carbocycles. The average Bonchev–Trinajstić information content (AvgIpc) is 3.40. The number of para-hydroxylation sites is 1. The summed E-state index contributed by atoms with van der Waals surface area (Å²) < 4.78 is 0.988. The molecular weight excluding hydrogens is 523 g/mol. The van der Waals surface area contributed by atoms with Gasteiger partial charge >= 0.3 is 0 Å². The summed E-state index contributed by atoms with van der Waals surface area (Å²) in [6, 6.07) is 22.2. The van der Waals surface area contributed by atoms with Crippen molar-refractivity contribution in [2.24, 2.45) is 0 Å². The molecule has 1 saturated heterocycles. The lowest BCUT2D eigenvalue weighted by atomic mass is 10.2. The van der Waals surface area contributed by atoms with Gasteiger partial charge in [0.2, 0.25) is 5.91 Å². The minimum absolute atomic E-state index is 0.0967. The van der Waals surface area contributed by atoms with Gasteiger partial charge in [0.05, 0.1) is 21.7 Å². The van der Waals surface area contributed by atoms with Gasteiger partial charge in [0, 0.05) is 10.0 Å². The SMILES string of the molecule is O=C(CNN1C(=O)/C(=C/c2ccc(Cl)cc2)SC1c1ccc(Cl)cc1)Nc1nc2ccccc2s1. The van der Waals surface area contributed by atoms with E-state index in [-0.39, 0.29) is 23.7 Å². The summed E-state index contributed by atoms with van der Waals surface area (Å²) >= 11 is 14.8. The van der Waals surface area contributed by atoms with Crippen molar-refractivity contribution in [2.45, 2.75) is 5.37 Å². The highest BCUT2D eigenvalue weighted by molar-refractivity contribution is 8.04. The molecule has 0 bridgehead atoms. The molecular formula is C25H18Cl2N4O2S2. The fraction of sp³-hybridized carbons (Fsp3) is 0.0800. The number of nitrogens with one attached hydrogen (secondary N) is 2. The van der Waals surface area contributed by atoms with Crippen molar-refractivity contribution in [1.29, 1.82) is 0 Å². The molecule has 1 atom stereocenters. The molecule has 2 N–H and O–H groups in total. The topological polar surface area (TPSA) is 74.3 Å². The number of hydrogen-bond donors (Lipinski definition) is 2. The van der Waals surface area contributed by atoms with Crippen LogP contribution < -0.4 is 10.7 Å². The normalized spacial score (nSPS) is 16.9. The molecule has 4 aromatic rings. The number of hydrogen-bond acceptors (Lipinski definition) is 6. The van der Waals surface area contributed by atoms with E-state index in [0.29, 0.717) is 20.1 Å². The van der Waals surface area contributed by atoms with Crippen LogP contribution in [0.3, 0.4) is 0 Å². The maximum atomic E-state index is 13.3. The summed E-state index contributed by atoms with van der Waals surface area (Å²) in [6.45, 7) is -0.0967. The Bertz CT molecular complexity index is 1390. The van der Waals surface area contributed by atoms with Gasteiger partial charge in [-0.15, -0.1) is 0 Å². The maximum Gasteiger partial charge on any atom is 0.275 e. The summed E-state index contributed by atoms with van der Waals surface area (Å²) in [7, 11) is 0. The van der Waals surface area contributed by atoms with E-state index >= 15 is 0 Å². The van der Waals surface area contributed by atoms with Crippen molar-refractivity contribution in [3.63, 3.8) is 0 Å². The van der Waals surface area contributed by atoms with Crippen LogP contribution in [0.5, 0.6) is 0 Å². The average molecular weight is 541 g/mol. The molecule has 10 heteroatoms. The predicted octanol–water partition coefficient (Wildman–Crippen LogP) is 6.36. The predicted molar refractivity (Wildman–Crippen MR) is 144 cm³/mol. The Hall–Kier alpha value is -2.88. The van der Waals surface area contributed by atoms with Crippen LogP contribution in [-0.2, 0) is 9.59 Å². The summed E-state index contributed by atoms with van der Waals surface area (Å²) in [5.74, 6) is -0.524. The van der Waals surface area contributed by atoms with Gasteiger partial charge in [0.15, 0.2) is 5.13 Å². The zero-order valence-corrected chi connectivity index (χ0v) is 21.2. The van der Waals surface area contributed by atoms with E-state index in [1.807, 2.05) is 54.6 Å². The van der Waals surface area contributed by atoms with E-state index < -0.39 is 0 Å². The fourth-order valence-electron chi connectivity index (χ4n) is 3.50. The second-order valence-electron chi connectivity index (χ2n) is 7.63. The summed E-state index contributed by atoms with van der Waals surface area (Å²) in [6.07, 6.45) is 1.81. The van der Waals surface area contributed by atoms with Crippen LogP contribution in [0.1, 0.15) is 16.5 Å². The van der Waals surface area contributed by atoms with E-state index in [2.05, 4.69) is 15.7 Å². The molecule has 6 nitrogen and oxygen atoms in total. The Morgan fingerprint density at radius 3 is 2.40 bits per heavy atom. The highest BCUT2D eigenvalue weighted by Gasteiger charge is 2.37. The van der Waals surface area contributed by atoms with Crippen molar-refractivity contribution in [1.82, 2.24) is 15.4 Å².